The van der Waals surface area contributed by atoms with Crippen molar-refractivity contribution in [2.24, 2.45) is 0 Å². The van der Waals surface area contributed by atoms with Gasteiger partial charge in [0.05, 0.1) is 37.3 Å². The first-order chi connectivity index (χ1) is 14.2. The Labute approximate surface area is 184 Å². The topological polar surface area (TPSA) is 99.5 Å². The number of aliphatic hydroxyl groups is 2. The van der Waals surface area contributed by atoms with Gasteiger partial charge in [-0.25, -0.2) is 4.79 Å². The van der Waals surface area contributed by atoms with Gasteiger partial charge < -0.3 is 24.6 Å². The lowest BCUT2D eigenvalue weighted by molar-refractivity contribution is -0.137. The molecule has 1 aliphatic rings. The van der Waals surface area contributed by atoms with Gasteiger partial charge in [0.15, 0.2) is 0 Å². The van der Waals surface area contributed by atoms with Gasteiger partial charge in [-0.15, -0.1) is 0 Å². The van der Waals surface area contributed by atoms with E-state index in [-0.39, 0.29) is 18.9 Å². The van der Waals surface area contributed by atoms with Crippen molar-refractivity contribution in [1.29, 1.82) is 0 Å². The number of likely N-dealkylation sites (N-methyl/N-ethyl adjacent to an activating group) is 1. The molecule has 0 aromatic heterocycles. The number of rotatable bonds is 6. The Hall–Kier alpha value is -2.16. The summed E-state index contributed by atoms with van der Waals surface area (Å²) < 4.78 is 11.2. The van der Waals surface area contributed by atoms with Crippen LogP contribution in [0.25, 0.3) is 0 Å². The first-order valence-electron chi connectivity index (χ1n) is 10.6. The summed E-state index contributed by atoms with van der Waals surface area (Å²) in [5.74, 6) is -0.344. The zero-order valence-electron chi connectivity index (χ0n) is 19.5. The molecule has 1 fully saturated rings. The van der Waals surface area contributed by atoms with Gasteiger partial charge in [-0.1, -0.05) is 30.3 Å². The third-order valence-corrected chi connectivity index (χ3v) is 5.54. The maximum absolute atomic E-state index is 12.8. The van der Waals surface area contributed by atoms with E-state index in [4.69, 9.17) is 9.47 Å². The zero-order chi connectivity index (χ0) is 23.6. The van der Waals surface area contributed by atoms with Crippen molar-refractivity contribution in [2.45, 2.75) is 83.6 Å². The molecule has 0 unspecified atom stereocenters. The molecule has 1 aliphatic heterocycles. The lowest BCUT2D eigenvalue weighted by atomic mass is 10.0. The van der Waals surface area contributed by atoms with E-state index in [2.05, 4.69) is 0 Å². The van der Waals surface area contributed by atoms with Crippen molar-refractivity contribution in [3.63, 3.8) is 0 Å². The number of carbonyl (C=O) groups excluding carboxylic acids is 2. The van der Waals surface area contributed by atoms with Gasteiger partial charge in [-0.3, -0.25) is 9.69 Å². The normalized spacial score (nSPS) is 21.3. The highest BCUT2D eigenvalue weighted by molar-refractivity contribution is 5.77. The Morgan fingerprint density at radius 3 is 2.39 bits per heavy atom. The average molecular weight is 437 g/mol. The van der Waals surface area contributed by atoms with Crippen LogP contribution in [0.3, 0.4) is 0 Å². The molecule has 1 aromatic carbocycles. The minimum atomic E-state index is -1.15. The second-order valence-corrected chi connectivity index (χ2v) is 9.55. The Balaban J connectivity index is 2.07. The van der Waals surface area contributed by atoms with Crippen LogP contribution < -0.4 is 0 Å². The van der Waals surface area contributed by atoms with Gasteiger partial charge in [0, 0.05) is 7.05 Å². The van der Waals surface area contributed by atoms with Crippen molar-refractivity contribution < 1.29 is 29.3 Å². The summed E-state index contributed by atoms with van der Waals surface area (Å²) in [4.78, 5) is 28.4. The SMILES string of the molecule is C[C@@H]([C@@H](O)c1ccccc1)N(C)C(=O)C[C@H](O)[C@H]1COC(C)(C)N1C(=O)OC(C)(C)C. The quantitative estimate of drug-likeness (QED) is 0.711. The molecule has 0 saturated carbocycles. The van der Waals surface area contributed by atoms with Crippen LogP contribution >= 0.6 is 0 Å². The fourth-order valence-corrected chi connectivity index (χ4v) is 3.61. The lowest BCUT2D eigenvalue weighted by Gasteiger charge is -2.37. The highest BCUT2D eigenvalue weighted by Gasteiger charge is 2.48. The molecule has 0 spiro atoms. The van der Waals surface area contributed by atoms with Gasteiger partial charge in [0.2, 0.25) is 5.91 Å². The van der Waals surface area contributed by atoms with Crippen molar-refractivity contribution in [3.05, 3.63) is 35.9 Å². The molecule has 0 aliphatic carbocycles. The van der Waals surface area contributed by atoms with E-state index in [1.54, 1.807) is 60.7 Å². The Morgan fingerprint density at radius 1 is 1.26 bits per heavy atom. The minimum Gasteiger partial charge on any atom is -0.444 e. The number of amides is 2. The standard InChI is InChI=1S/C23H36N2O6/c1-15(20(28)16-11-9-8-10-12-16)24(7)19(27)13-18(26)17-14-30-23(5,6)25(17)21(29)31-22(2,3)4/h8-12,15,17-18,20,26,28H,13-14H2,1-7H3/t15-,17+,18-,20+/m0/s1. The van der Waals surface area contributed by atoms with E-state index >= 15 is 0 Å². The van der Waals surface area contributed by atoms with Crippen LogP contribution in [0.15, 0.2) is 30.3 Å². The molecule has 1 heterocycles. The molecule has 1 saturated heterocycles. The molecule has 31 heavy (non-hydrogen) atoms. The summed E-state index contributed by atoms with van der Waals surface area (Å²) in [5.41, 5.74) is -0.971. The second-order valence-electron chi connectivity index (χ2n) is 9.55. The summed E-state index contributed by atoms with van der Waals surface area (Å²) in [6, 6.07) is 7.87. The van der Waals surface area contributed by atoms with Gasteiger partial charge in [-0.2, -0.15) is 0 Å². The van der Waals surface area contributed by atoms with Crippen LogP contribution in [0.1, 0.15) is 59.6 Å². The molecule has 8 nitrogen and oxygen atoms in total. The molecule has 2 amide bonds. The number of ether oxygens (including phenoxy) is 2. The first-order valence-corrected chi connectivity index (χ1v) is 10.6. The molecule has 0 bridgehead atoms. The number of hydrogen-bond acceptors (Lipinski definition) is 6. The predicted octanol–water partition coefficient (Wildman–Crippen LogP) is 2.69. The summed E-state index contributed by atoms with van der Waals surface area (Å²) in [7, 11) is 1.59. The molecule has 4 atom stereocenters. The van der Waals surface area contributed by atoms with Gasteiger partial charge in [0.25, 0.3) is 0 Å². The number of carbonyl (C=O) groups is 2. The minimum absolute atomic E-state index is 0.0899. The van der Waals surface area contributed by atoms with Crippen LogP contribution in [0, 0.1) is 0 Å². The summed E-state index contributed by atoms with van der Waals surface area (Å²) in [5, 5.41) is 21.4. The monoisotopic (exact) mass is 436 g/mol. The van der Waals surface area contributed by atoms with Crippen LogP contribution in [0.2, 0.25) is 0 Å². The van der Waals surface area contributed by atoms with Crippen LogP contribution in [-0.4, -0.2) is 75.2 Å². The number of nitrogens with zero attached hydrogens (tertiary/aromatic N) is 2. The zero-order valence-corrected chi connectivity index (χ0v) is 19.5. The van der Waals surface area contributed by atoms with Crippen LogP contribution in [-0.2, 0) is 14.3 Å². The predicted molar refractivity (Wildman–Crippen MR) is 116 cm³/mol. The third-order valence-electron chi connectivity index (χ3n) is 5.54. The molecule has 174 valence electrons. The molecule has 2 rings (SSSR count). The van der Waals surface area contributed by atoms with Crippen molar-refractivity contribution in [2.75, 3.05) is 13.7 Å². The summed E-state index contributed by atoms with van der Waals surface area (Å²) in [6.45, 7) is 10.6. The number of aliphatic hydroxyl groups excluding tert-OH is 2. The first kappa shape index (κ1) is 25.1. The second kappa shape index (κ2) is 9.54. The van der Waals surface area contributed by atoms with Crippen LogP contribution in [0.5, 0.6) is 0 Å². The molecular formula is C23H36N2O6. The molecule has 1 aromatic rings. The van der Waals surface area contributed by atoms with E-state index in [9.17, 15) is 19.8 Å². The van der Waals surface area contributed by atoms with Crippen LogP contribution in [0.4, 0.5) is 4.79 Å². The van der Waals surface area contributed by atoms with E-state index in [1.165, 1.54) is 9.80 Å². The van der Waals surface area contributed by atoms with E-state index in [0.717, 1.165) is 0 Å². The maximum atomic E-state index is 12.8. The van der Waals surface area contributed by atoms with Crippen molar-refractivity contribution >= 4 is 12.0 Å². The van der Waals surface area contributed by atoms with Crippen molar-refractivity contribution in [3.8, 4) is 0 Å². The van der Waals surface area contributed by atoms with Gasteiger partial charge in [0.1, 0.15) is 11.3 Å². The molecule has 8 heteroatoms. The average Bonchev–Trinajstić information content (AvgIpc) is 3.00. The Bertz CT molecular complexity index is 761. The van der Waals surface area contributed by atoms with Gasteiger partial charge in [-0.05, 0) is 47.1 Å². The highest BCUT2D eigenvalue weighted by Crippen LogP contribution is 2.32. The summed E-state index contributed by atoms with van der Waals surface area (Å²) in [6.07, 6.45) is -2.83. The smallest absolute Gasteiger partial charge is 0.412 e. The molecular weight excluding hydrogens is 400 g/mol. The van der Waals surface area contributed by atoms with E-state index in [1.807, 2.05) is 18.2 Å². The third kappa shape index (κ3) is 6.18. The fourth-order valence-electron chi connectivity index (χ4n) is 3.61. The lowest BCUT2D eigenvalue weighted by Crippen LogP contribution is -2.54. The number of hydrogen-bond donors (Lipinski definition) is 2. The van der Waals surface area contributed by atoms with E-state index in [0.29, 0.717) is 5.56 Å². The molecule has 0 radical (unpaired) electrons. The Kier molecular flexibility index (Phi) is 7.73. The van der Waals surface area contributed by atoms with Crippen molar-refractivity contribution in [1.82, 2.24) is 9.80 Å². The summed E-state index contributed by atoms with van der Waals surface area (Å²) >= 11 is 0. The fraction of sp³-hybridized carbons (Fsp3) is 0.652. The molecule has 2 N–H and O–H groups in total. The maximum Gasteiger partial charge on any atom is 0.412 e. The highest BCUT2D eigenvalue weighted by atomic mass is 16.6. The largest absolute Gasteiger partial charge is 0.444 e. The number of benzene rings is 1. The van der Waals surface area contributed by atoms with Gasteiger partial charge >= 0.3 is 6.09 Å². The Morgan fingerprint density at radius 2 is 1.84 bits per heavy atom. The van der Waals surface area contributed by atoms with E-state index < -0.39 is 41.7 Å².